The molecule has 1 aromatic heterocycles. The van der Waals surface area contributed by atoms with Crippen LogP contribution in [-0.4, -0.2) is 39.3 Å². The van der Waals surface area contributed by atoms with E-state index in [1.165, 1.54) is 0 Å². The number of nitrogens with zero attached hydrogens (tertiary/aromatic N) is 4. The van der Waals surface area contributed by atoms with Gasteiger partial charge in [-0.05, 0) is 49.2 Å². The molecule has 1 saturated heterocycles. The van der Waals surface area contributed by atoms with Crippen LogP contribution in [0.5, 0.6) is 0 Å². The van der Waals surface area contributed by atoms with Crippen molar-refractivity contribution in [2.45, 2.75) is 32.7 Å². The molecule has 0 aliphatic carbocycles. The van der Waals surface area contributed by atoms with E-state index >= 15 is 0 Å². The number of anilines is 1. The Bertz CT molecular complexity index is 677. The molecular weight excluding hydrogens is 294 g/mol. The highest BCUT2D eigenvalue weighted by atomic mass is 16.5. The van der Waals surface area contributed by atoms with Gasteiger partial charge in [-0.25, -0.2) is 4.68 Å². The lowest BCUT2D eigenvalue weighted by molar-refractivity contribution is -0.123. The van der Waals surface area contributed by atoms with Crippen molar-refractivity contribution < 1.29 is 9.53 Å². The van der Waals surface area contributed by atoms with E-state index in [9.17, 15) is 4.79 Å². The molecule has 7 heteroatoms. The second-order valence-corrected chi connectivity index (χ2v) is 5.99. The quantitative estimate of drug-likeness (QED) is 0.936. The molecule has 0 unspecified atom stereocenters. The first kappa shape index (κ1) is 15.6. The number of benzene rings is 1. The first-order valence-corrected chi connectivity index (χ1v) is 7.92. The number of tetrazole rings is 1. The van der Waals surface area contributed by atoms with E-state index in [2.05, 4.69) is 20.8 Å². The summed E-state index contributed by atoms with van der Waals surface area (Å²) < 4.78 is 7.14. The topological polar surface area (TPSA) is 81.9 Å². The van der Waals surface area contributed by atoms with Crippen LogP contribution in [0, 0.1) is 5.92 Å². The summed E-state index contributed by atoms with van der Waals surface area (Å²) in [5.41, 5.74) is 1.54. The van der Waals surface area contributed by atoms with Crippen molar-refractivity contribution in [1.29, 1.82) is 0 Å². The van der Waals surface area contributed by atoms with Crippen molar-refractivity contribution in [2.75, 3.05) is 18.5 Å². The van der Waals surface area contributed by atoms with Gasteiger partial charge in [0.2, 0.25) is 5.91 Å². The van der Waals surface area contributed by atoms with Gasteiger partial charge in [-0.15, -0.1) is 5.10 Å². The molecule has 122 valence electrons. The minimum atomic E-state index is -0.0992. The Hall–Kier alpha value is -2.28. The molecule has 1 aromatic carbocycles. The zero-order valence-electron chi connectivity index (χ0n) is 13.4. The second-order valence-electron chi connectivity index (χ2n) is 5.99. The Kier molecular flexibility index (Phi) is 4.66. The number of rotatable bonds is 4. The number of hydrogen-bond donors (Lipinski definition) is 1. The van der Waals surface area contributed by atoms with Crippen LogP contribution in [0.1, 0.15) is 32.7 Å². The second kappa shape index (κ2) is 6.87. The summed E-state index contributed by atoms with van der Waals surface area (Å²) in [4.78, 5) is 12.5. The van der Waals surface area contributed by atoms with Gasteiger partial charge in [0.1, 0.15) is 0 Å². The van der Waals surface area contributed by atoms with Crippen molar-refractivity contribution in [1.82, 2.24) is 20.2 Å². The molecule has 7 nitrogen and oxygen atoms in total. The fourth-order valence-electron chi connectivity index (χ4n) is 2.69. The number of carbonyl (C=O) groups is 1. The first-order chi connectivity index (χ1) is 11.2. The van der Waals surface area contributed by atoms with Crippen LogP contribution in [0.15, 0.2) is 24.3 Å². The Morgan fingerprint density at radius 3 is 2.96 bits per heavy atom. The Balaban J connectivity index is 1.86. The molecule has 2 heterocycles. The molecule has 1 atom stereocenters. The van der Waals surface area contributed by atoms with Gasteiger partial charge in [0.25, 0.3) is 0 Å². The fourth-order valence-corrected chi connectivity index (χ4v) is 2.69. The van der Waals surface area contributed by atoms with Crippen molar-refractivity contribution in [3.05, 3.63) is 24.3 Å². The number of ether oxygens (including phenoxy) is 1. The summed E-state index contributed by atoms with van der Waals surface area (Å²) in [7, 11) is 0. The molecular formula is C16H21N5O2. The highest BCUT2D eigenvalue weighted by molar-refractivity contribution is 5.96. The third-order valence-electron chi connectivity index (χ3n) is 3.94. The normalized spacial score (nSPS) is 18.1. The highest BCUT2D eigenvalue weighted by Gasteiger charge is 2.23. The van der Waals surface area contributed by atoms with E-state index in [1.807, 2.05) is 38.1 Å². The third kappa shape index (κ3) is 3.39. The maximum atomic E-state index is 12.5. The lowest BCUT2D eigenvalue weighted by Crippen LogP contribution is -2.30. The summed E-state index contributed by atoms with van der Waals surface area (Å²) >= 11 is 0. The predicted molar refractivity (Wildman–Crippen MR) is 85.8 cm³/mol. The smallest absolute Gasteiger partial charge is 0.229 e. The number of carbonyl (C=O) groups excluding carboxylic acids is 1. The molecule has 2 aromatic rings. The van der Waals surface area contributed by atoms with Gasteiger partial charge >= 0.3 is 0 Å². The molecule has 1 N–H and O–H groups in total. The molecule has 1 fully saturated rings. The van der Waals surface area contributed by atoms with Crippen LogP contribution in [0.3, 0.4) is 0 Å². The first-order valence-electron chi connectivity index (χ1n) is 7.92. The van der Waals surface area contributed by atoms with Crippen LogP contribution in [0.2, 0.25) is 0 Å². The molecule has 0 saturated carbocycles. The van der Waals surface area contributed by atoms with Crippen molar-refractivity contribution in [2.24, 2.45) is 5.92 Å². The Labute approximate surface area is 135 Å². The monoisotopic (exact) mass is 315 g/mol. The lowest BCUT2D eigenvalue weighted by atomic mass is 10.0. The van der Waals surface area contributed by atoms with Gasteiger partial charge in [-0.1, -0.05) is 12.1 Å². The fraction of sp³-hybridized carbons (Fsp3) is 0.500. The van der Waals surface area contributed by atoms with Crippen molar-refractivity contribution in [3.8, 4) is 11.4 Å². The zero-order valence-corrected chi connectivity index (χ0v) is 13.4. The van der Waals surface area contributed by atoms with Crippen LogP contribution in [-0.2, 0) is 9.53 Å². The van der Waals surface area contributed by atoms with Gasteiger partial charge in [0, 0.05) is 12.2 Å². The van der Waals surface area contributed by atoms with Gasteiger partial charge < -0.3 is 10.1 Å². The Morgan fingerprint density at radius 2 is 2.22 bits per heavy atom. The van der Waals surface area contributed by atoms with E-state index in [4.69, 9.17) is 4.74 Å². The summed E-state index contributed by atoms with van der Waals surface area (Å²) in [5, 5.41) is 14.9. The molecule has 0 radical (unpaired) electrons. The van der Waals surface area contributed by atoms with Gasteiger partial charge in [0.15, 0.2) is 5.82 Å². The molecule has 0 spiro atoms. The predicted octanol–water partition coefficient (Wildman–Crippen LogP) is 2.29. The van der Waals surface area contributed by atoms with Crippen LogP contribution >= 0.6 is 0 Å². The average Bonchev–Trinajstić information content (AvgIpc) is 3.06. The standard InChI is InChI=1S/C16H21N5O2/c1-11(2)21-15(18-19-20-21)13-7-3-4-8-14(13)17-16(22)12-6-5-9-23-10-12/h3-4,7-8,11-12H,5-6,9-10H2,1-2H3,(H,17,22)/t12-/m0/s1. The molecule has 1 aliphatic rings. The third-order valence-corrected chi connectivity index (χ3v) is 3.94. The van der Waals surface area contributed by atoms with E-state index in [-0.39, 0.29) is 17.9 Å². The van der Waals surface area contributed by atoms with Gasteiger partial charge in [0.05, 0.1) is 24.3 Å². The summed E-state index contributed by atoms with van der Waals surface area (Å²) in [6.45, 7) is 5.25. The summed E-state index contributed by atoms with van der Waals surface area (Å²) in [6.07, 6.45) is 1.78. The number of nitrogens with one attached hydrogen (secondary N) is 1. The molecule has 3 rings (SSSR count). The number of aromatic nitrogens is 4. The maximum absolute atomic E-state index is 12.5. The molecule has 0 bridgehead atoms. The van der Waals surface area contributed by atoms with Crippen molar-refractivity contribution >= 4 is 11.6 Å². The number of para-hydroxylation sites is 1. The largest absolute Gasteiger partial charge is 0.381 e. The van der Waals surface area contributed by atoms with Crippen LogP contribution in [0.4, 0.5) is 5.69 Å². The molecule has 23 heavy (non-hydrogen) atoms. The lowest BCUT2D eigenvalue weighted by Gasteiger charge is -2.22. The summed E-state index contributed by atoms with van der Waals surface area (Å²) in [5.74, 6) is 0.536. The Morgan fingerprint density at radius 1 is 1.39 bits per heavy atom. The zero-order chi connectivity index (χ0) is 16.2. The molecule has 1 amide bonds. The average molecular weight is 315 g/mol. The van der Waals surface area contributed by atoms with E-state index < -0.39 is 0 Å². The van der Waals surface area contributed by atoms with Crippen molar-refractivity contribution in [3.63, 3.8) is 0 Å². The van der Waals surface area contributed by atoms with Crippen LogP contribution < -0.4 is 5.32 Å². The van der Waals surface area contributed by atoms with Crippen LogP contribution in [0.25, 0.3) is 11.4 Å². The number of hydrogen-bond acceptors (Lipinski definition) is 5. The van der Waals surface area contributed by atoms with E-state index in [0.29, 0.717) is 12.4 Å². The van der Waals surface area contributed by atoms with E-state index in [1.54, 1.807) is 4.68 Å². The SMILES string of the molecule is CC(C)n1nnnc1-c1ccccc1NC(=O)[C@H]1CCCOC1. The van der Waals surface area contributed by atoms with E-state index in [0.717, 1.165) is 30.7 Å². The molecule has 1 aliphatic heterocycles. The maximum Gasteiger partial charge on any atom is 0.229 e. The number of amides is 1. The minimum absolute atomic E-state index is 0.0132. The van der Waals surface area contributed by atoms with Gasteiger partial charge in [-0.2, -0.15) is 0 Å². The highest BCUT2D eigenvalue weighted by Crippen LogP contribution is 2.28. The summed E-state index contributed by atoms with van der Waals surface area (Å²) in [6, 6.07) is 7.72. The minimum Gasteiger partial charge on any atom is -0.381 e. The van der Waals surface area contributed by atoms with Gasteiger partial charge in [-0.3, -0.25) is 4.79 Å².